The lowest BCUT2D eigenvalue weighted by molar-refractivity contribution is 0.100. The van der Waals surface area contributed by atoms with Gasteiger partial charge in [-0.05, 0) is 43.7 Å². The first-order valence-electron chi connectivity index (χ1n) is 6.99. The fourth-order valence-corrected chi connectivity index (χ4v) is 2.30. The largest absolute Gasteiger partial charge is 0.399 e. The number of nitrogens with zero attached hydrogens (tertiary/aromatic N) is 1. The number of anilines is 2. The first-order chi connectivity index (χ1) is 9.99. The molecular weight excluding hydrogens is 262 g/mol. The molecule has 0 heterocycles. The van der Waals surface area contributed by atoms with Gasteiger partial charge in [0.15, 0.2) is 0 Å². The van der Waals surface area contributed by atoms with Crippen molar-refractivity contribution < 1.29 is 4.79 Å². The molecule has 4 heteroatoms. The van der Waals surface area contributed by atoms with Crippen LogP contribution in [-0.2, 0) is 6.54 Å². The molecule has 0 unspecified atom stereocenters. The van der Waals surface area contributed by atoms with Crippen LogP contribution in [0.1, 0.15) is 29.8 Å². The molecule has 0 bridgehead atoms. The molecule has 0 fully saturated rings. The van der Waals surface area contributed by atoms with E-state index in [0.29, 0.717) is 12.1 Å². The number of amides is 1. The zero-order chi connectivity index (χ0) is 15.4. The van der Waals surface area contributed by atoms with Crippen molar-refractivity contribution in [3.8, 4) is 0 Å². The van der Waals surface area contributed by atoms with Gasteiger partial charge < -0.3 is 16.4 Å². The minimum atomic E-state index is -0.409. The number of nitrogens with two attached hydrogens (primary N) is 2. The van der Waals surface area contributed by atoms with Gasteiger partial charge in [0.05, 0.1) is 11.3 Å². The molecule has 4 nitrogen and oxygen atoms in total. The molecule has 2 aromatic carbocycles. The average Bonchev–Trinajstić information content (AvgIpc) is 2.46. The van der Waals surface area contributed by atoms with Crippen molar-refractivity contribution in [2.24, 2.45) is 5.73 Å². The van der Waals surface area contributed by atoms with E-state index in [2.05, 4.69) is 18.7 Å². The maximum absolute atomic E-state index is 11.6. The first-order valence-corrected chi connectivity index (χ1v) is 6.99. The highest BCUT2D eigenvalue weighted by Crippen LogP contribution is 2.24. The van der Waals surface area contributed by atoms with Gasteiger partial charge in [-0.3, -0.25) is 4.79 Å². The van der Waals surface area contributed by atoms with Crippen LogP contribution >= 0.6 is 0 Å². The predicted molar refractivity (Wildman–Crippen MR) is 87.1 cm³/mol. The van der Waals surface area contributed by atoms with Crippen LogP contribution < -0.4 is 16.4 Å². The summed E-state index contributed by atoms with van der Waals surface area (Å²) >= 11 is 0. The van der Waals surface area contributed by atoms with Crippen LogP contribution in [-0.4, -0.2) is 11.9 Å². The highest BCUT2D eigenvalue weighted by molar-refractivity contribution is 5.98. The summed E-state index contributed by atoms with van der Waals surface area (Å²) in [6.07, 6.45) is 0. The van der Waals surface area contributed by atoms with Crippen molar-refractivity contribution in [1.82, 2.24) is 0 Å². The van der Waals surface area contributed by atoms with Crippen LogP contribution in [0.4, 0.5) is 11.4 Å². The summed E-state index contributed by atoms with van der Waals surface area (Å²) in [6.45, 7) is 4.88. The van der Waals surface area contributed by atoms with E-state index in [1.807, 2.05) is 42.5 Å². The molecule has 21 heavy (non-hydrogen) atoms. The number of hydrogen-bond donors (Lipinski definition) is 2. The van der Waals surface area contributed by atoms with Crippen LogP contribution in [0, 0.1) is 0 Å². The zero-order valence-corrected chi connectivity index (χ0v) is 12.4. The number of carbonyl (C=O) groups excluding carboxylic acids is 1. The quantitative estimate of drug-likeness (QED) is 0.829. The van der Waals surface area contributed by atoms with Crippen molar-refractivity contribution in [3.63, 3.8) is 0 Å². The summed E-state index contributed by atoms with van der Waals surface area (Å²) in [6, 6.07) is 15.4. The number of nitrogen functional groups attached to an aromatic ring is 1. The van der Waals surface area contributed by atoms with Crippen LogP contribution in [0.3, 0.4) is 0 Å². The molecule has 0 spiro atoms. The van der Waals surface area contributed by atoms with E-state index >= 15 is 0 Å². The molecule has 0 aliphatic heterocycles. The minimum Gasteiger partial charge on any atom is -0.399 e. The molecule has 1 amide bonds. The zero-order valence-electron chi connectivity index (χ0n) is 12.4. The number of rotatable bonds is 5. The summed E-state index contributed by atoms with van der Waals surface area (Å²) in [5.74, 6) is -0.409. The number of primary amides is 1. The SMILES string of the molecule is CC(C)N(Cc1ccc(N)cc1)c1ccccc1C(N)=O. The second kappa shape index (κ2) is 6.31. The van der Waals surface area contributed by atoms with Crippen molar-refractivity contribution in [1.29, 1.82) is 0 Å². The Morgan fingerprint density at radius 1 is 1.10 bits per heavy atom. The lowest BCUT2D eigenvalue weighted by Gasteiger charge is -2.30. The fourth-order valence-electron chi connectivity index (χ4n) is 2.30. The van der Waals surface area contributed by atoms with Gasteiger partial charge >= 0.3 is 0 Å². The second-order valence-electron chi connectivity index (χ2n) is 5.34. The van der Waals surface area contributed by atoms with Gasteiger partial charge in [-0.2, -0.15) is 0 Å². The molecule has 0 aromatic heterocycles. The third-order valence-electron chi connectivity index (χ3n) is 3.43. The summed E-state index contributed by atoms with van der Waals surface area (Å²) in [5, 5.41) is 0. The van der Waals surface area contributed by atoms with Crippen molar-refractivity contribution in [2.75, 3.05) is 10.6 Å². The standard InChI is InChI=1S/C17H21N3O/c1-12(2)20(11-13-7-9-14(18)10-8-13)16-6-4-3-5-15(16)17(19)21/h3-10,12H,11,18H2,1-2H3,(H2,19,21). The van der Waals surface area contributed by atoms with Crippen LogP contribution in [0.15, 0.2) is 48.5 Å². The maximum atomic E-state index is 11.6. The molecule has 2 aromatic rings. The Morgan fingerprint density at radius 2 is 1.71 bits per heavy atom. The fraction of sp³-hybridized carbons (Fsp3) is 0.235. The first kappa shape index (κ1) is 14.9. The Labute approximate surface area is 125 Å². The molecule has 0 atom stereocenters. The van der Waals surface area contributed by atoms with E-state index in [9.17, 15) is 4.79 Å². The number of hydrogen-bond acceptors (Lipinski definition) is 3. The van der Waals surface area contributed by atoms with Gasteiger partial charge in [-0.25, -0.2) is 0 Å². The highest BCUT2D eigenvalue weighted by atomic mass is 16.1. The molecule has 0 saturated heterocycles. The molecular formula is C17H21N3O. The lowest BCUT2D eigenvalue weighted by atomic mass is 10.1. The number of para-hydroxylation sites is 1. The van der Waals surface area contributed by atoms with Gasteiger partial charge in [0, 0.05) is 18.3 Å². The van der Waals surface area contributed by atoms with Gasteiger partial charge in [0.1, 0.15) is 0 Å². The third kappa shape index (κ3) is 3.54. The molecule has 110 valence electrons. The van der Waals surface area contributed by atoms with Gasteiger partial charge in [0.2, 0.25) is 0 Å². The molecule has 0 aliphatic rings. The number of carbonyl (C=O) groups is 1. The summed E-state index contributed by atoms with van der Waals surface area (Å²) < 4.78 is 0. The van der Waals surface area contributed by atoms with Crippen molar-refractivity contribution in [3.05, 3.63) is 59.7 Å². The molecule has 2 rings (SSSR count). The number of benzene rings is 2. The summed E-state index contributed by atoms with van der Waals surface area (Å²) in [7, 11) is 0. The Hall–Kier alpha value is -2.49. The van der Waals surface area contributed by atoms with Gasteiger partial charge in [-0.1, -0.05) is 24.3 Å². The maximum Gasteiger partial charge on any atom is 0.250 e. The Bertz CT molecular complexity index is 620. The average molecular weight is 283 g/mol. The predicted octanol–water partition coefficient (Wildman–Crippen LogP) is 2.78. The smallest absolute Gasteiger partial charge is 0.250 e. The monoisotopic (exact) mass is 283 g/mol. The van der Waals surface area contributed by atoms with Gasteiger partial charge in [-0.15, -0.1) is 0 Å². The molecule has 4 N–H and O–H groups in total. The van der Waals surface area contributed by atoms with E-state index in [-0.39, 0.29) is 6.04 Å². The Kier molecular flexibility index (Phi) is 4.48. The van der Waals surface area contributed by atoms with Crippen LogP contribution in [0.25, 0.3) is 0 Å². The van der Waals surface area contributed by atoms with Crippen molar-refractivity contribution >= 4 is 17.3 Å². The molecule has 0 aliphatic carbocycles. The topological polar surface area (TPSA) is 72.3 Å². The molecule has 0 saturated carbocycles. The normalized spacial score (nSPS) is 10.6. The lowest BCUT2D eigenvalue weighted by Crippen LogP contribution is -2.32. The third-order valence-corrected chi connectivity index (χ3v) is 3.43. The summed E-state index contributed by atoms with van der Waals surface area (Å²) in [5.41, 5.74) is 14.5. The van der Waals surface area contributed by atoms with Crippen molar-refractivity contribution in [2.45, 2.75) is 26.4 Å². The van der Waals surface area contributed by atoms with E-state index in [0.717, 1.165) is 16.9 Å². The van der Waals surface area contributed by atoms with Crippen LogP contribution in [0.5, 0.6) is 0 Å². The van der Waals surface area contributed by atoms with E-state index in [1.54, 1.807) is 6.07 Å². The van der Waals surface area contributed by atoms with Crippen LogP contribution in [0.2, 0.25) is 0 Å². The van der Waals surface area contributed by atoms with E-state index in [1.165, 1.54) is 0 Å². The second-order valence-corrected chi connectivity index (χ2v) is 5.34. The molecule has 0 radical (unpaired) electrons. The van der Waals surface area contributed by atoms with Gasteiger partial charge in [0.25, 0.3) is 5.91 Å². The van der Waals surface area contributed by atoms with E-state index in [4.69, 9.17) is 11.5 Å². The Morgan fingerprint density at radius 3 is 2.29 bits per heavy atom. The highest BCUT2D eigenvalue weighted by Gasteiger charge is 2.17. The summed E-state index contributed by atoms with van der Waals surface area (Å²) in [4.78, 5) is 13.8. The minimum absolute atomic E-state index is 0.239. The van der Waals surface area contributed by atoms with E-state index < -0.39 is 5.91 Å². The Balaban J connectivity index is 2.36.